The van der Waals surface area contributed by atoms with Gasteiger partial charge >= 0.3 is 6.03 Å². The van der Waals surface area contributed by atoms with E-state index in [9.17, 15) is 14.4 Å². The molecule has 142 valence electrons. The number of hydrogen-bond acceptors (Lipinski definition) is 5. The smallest absolute Gasteiger partial charge is 0.326 e. The lowest BCUT2D eigenvalue weighted by Gasteiger charge is -2.23. The van der Waals surface area contributed by atoms with Crippen molar-refractivity contribution in [1.82, 2.24) is 19.7 Å². The van der Waals surface area contributed by atoms with Crippen molar-refractivity contribution in [1.29, 1.82) is 0 Å². The van der Waals surface area contributed by atoms with Crippen molar-refractivity contribution in [2.45, 2.75) is 31.7 Å². The molecule has 27 heavy (non-hydrogen) atoms. The van der Waals surface area contributed by atoms with Crippen molar-refractivity contribution in [2.75, 3.05) is 26.7 Å². The zero-order valence-electron chi connectivity index (χ0n) is 15.3. The number of carbonyl (C=O) groups excluding carboxylic acids is 3. The molecule has 0 radical (unpaired) electrons. The van der Waals surface area contributed by atoms with Gasteiger partial charge in [-0.2, -0.15) is 0 Å². The number of amides is 4. The van der Waals surface area contributed by atoms with Gasteiger partial charge in [-0.1, -0.05) is 12.1 Å². The first-order valence-corrected chi connectivity index (χ1v) is 10.1. The lowest BCUT2D eigenvalue weighted by atomic mass is 10.2. The predicted octanol–water partition coefficient (Wildman–Crippen LogP) is 2.63. The highest BCUT2D eigenvalue weighted by atomic mass is 32.1. The van der Waals surface area contributed by atoms with E-state index in [1.807, 2.05) is 23.1 Å². The van der Waals surface area contributed by atoms with Crippen molar-refractivity contribution in [3.63, 3.8) is 0 Å². The Bertz CT molecular complexity index is 863. The number of rotatable bonds is 5. The second-order valence-corrected chi connectivity index (χ2v) is 8.11. The molecule has 2 aromatic rings. The standard InChI is InChI=1S/C19H22N4O3S/c1-21-12-17(25)23(19(21)26)11-5-9-16(24)22-10-4-7-14(22)18-20-13-6-2-3-8-15(13)27-18/h2-3,6,8,14H,4-5,7,9-12H2,1H3/t14-/m0/s1. The minimum atomic E-state index is -0.277. The van der Waals surface area contributed by atoms with Crippen molar-refractivity contribution in [3.05, 3.63) is 29.3 Å². The number of aromatic nitrogens is 1. The molecule has 7 nitrogen and oxygen atoms in total. The molecule has 0 unspecified atom stereocenters. The SMILES string of the molecule is CN1CC(=O)N(CCCC(=O)N2CCC[C@H]2c2nc3ccccc3s2)C1=O. The number of urea groups is 1. The number of para-hydroxylation sites is 1. The highest BCUT2D eigenvalue weighted by Crippen LogP contribution is 2.36. The number of fused-ring (bicyclic) bond motifs is 1. The number of imide groups is 1. The van der Waals surface area contributed by atoms with E-state index in [0.29, 0.717) is 19.4 Å². The van der Waals surface area contributed by atoms with E-state index in [0.717, 1.165) is 34.6 Å². The number of nitrogens with zero attached hydrogens (tertiary/aromatic N) is 4. The maximum atomic E-state index is 12.7. The molecule has 0 saturated carbocycles. The molecule has 0 bridgehead atoms. The lowest BCUT2D eigenvalue weighted by molar-refractivity contribution is -0.133. The molecule has 3 heterocycles. The first-order chi connectivity index (χ1) is 13.0. The normalized spacial score (nSPS) is 20.3. The summed E-state index contributed by atoms with van der Waals surface area (Å²) in [5.74, 6) is -0.118. The second-order valence-electron chi connectivity index (χ2n) is 7.05. The number of benzene rings is 1. The Labute approximate surface area is 161 Å². The fourth-order valence-electron chi connectivity index (χ4n) is 3.78. The van der Waals surface area contributed by atoms with Crippen LogP contribution in [0.3, 0.4) is 0 Å². The third kappa shape index (κ3) is 3.41. The quantitative estimate of drug-likeness (QED) is 0.741. The first kappa shape index (κ1) is 17.9. The topological polar surface area (TPSA) is 73.8 Å². The summed E-state index contributed by atoms with van der Waals surface area (Å²) in [5, 5.41) is 0.994. The number of hydrogen-bond donors (Lipinski definition) is 0. The van der Waals surface area contributed by atoms with Gasteiger partial charge in [0, 0.05) is 26.6 Å². The average Bonchev–Trinajstić information content (AvgIpc) is 3.34. The summed E-state index contributed by atoms with van der Waals surface area (Å²) in [5.41, 5.74) is 0.979. The minimum Gasteiger partial charge on any atom is -0.333 e. The van der Waals surface area contributed by atoms with Crippen molar-refractivity contribution >= 4 is 39.4 Å². The molecule has 2 saturated heterocycles. The molecule has 1 aromatic carbocycles. The van der Waals surface area contributed by atoms with Gasteiger partial charge in [0.25, 0.3) is 0 Å². The third-order valence-corrected chi connectivity index (χ3v) is 6.31. The van der Waals surface area contributed by atoms with Crippen LogP contribution in [0.25, 0.3) is 10.2 Å². The van der Waals surface area contributed by atoms with Gasteiger partial charge in [-0.05, 0) is 31.4 Å². The third-order valence-electron chi connectivity index (χ3n) is 5.17. The molecule has 1 aromatic heterocycles. The van der Waals surface area contributed by atoms with Crippen LogP contribution in [-0.4, -0.2) is 64.2 Å². The Morgan fingerprint density at radius 2 is 2.11 bits per heavy atom. The number of thiazole rings is 1. The largest absolute Gasteiger partial charge is 0.333 e. The molecule has 0 spiro atoms. The Hall–Kier alpha value is -2.48. The number of likely N-dealkylation sites (tertiary alicyclic amines) is 1. The average molecular weight is 386 g/mol. The van der Waals surface area contributed by atoms with Crippen LogP contribution in [0.15, 0.2) is 24.3 Å². The van der Waals surface area contributed by atoms with Gasteiger partial charge in [-0.3, -0.25) is 14.5 Å². The lowest BCUT2D eigenvalue weighted by Crippen LogP contribution is -2.34. The molecule has 4 rings (SSSR count). The summed E-state index contributed by atoms with van der Waals surface area (Å²) < 4.78 is 1.14. The van der Waals surface area contributed by atoms with Gasteiger partial charge in [0.15, 0.2) is 0 Å². The number of carbonyl (C=O) groups is 3. The Morgan fingerprint density at radius 1 is 1.30 bits per heavy atom. The molecule has 2 aliphatic heterocycles. The van der Waals surface area contributed by atoms with Gasteiger partial charge in [0.05, 0.1) is 16.3 Å². The molecule has 0 N–H and O–H groups in total. The molecular weight excluding hydrogens is 364 g/mol. The summed E-state index contributed by atoms with van der Waals surface area (Å²) in [7, 11) is 1.61. The molecule has 2 aliphatic rings. The van der Waals surface area contributed by atoms with Gasteiger partial charge in [-0.15, -0.1) is 11.3 Å². The van der Waals surface area contributed by atoms with E-state index in [1.165, 1.54) is 9.80 Å². The minimum absolute atomic E-state index is 0.0380. The van der Waals surface area contributed by atoms with Gasteiger partial charge in [0.2, 0.25) is 11.8 Å². The fraction of sp³-hybridized carbons (Fsp3) is 0.474. The van der Waals surface area contributed by atoms with Crippen LogP contribution in [0.4, 0.5) is 4.79 Å². The van der Waals surface area contributed by atoms with E-state index in [4.69, 9.17) is 4.98 Å². The number of likely N-dealkylation sites (N-methyl/N-ethyl adjacent to an activating group) is 1. The van der Waals surface area contributed by atoms with Gasteiger partial charge in [-0.25, -0.2) is 9.78 Å². The first-order valence-electron chi connectivity index (χ1n) is 9.25. The maximum absolute atomic E-state index is 12.7. The van der Waals surface area contributed by atoms with E-state index in [1.54, 1.807) is 18.4 Å². The van der Waals surface area contributed by atoms with Gasteiger partial charge < -0.3 is 9.80 Å². The Kier molecular flexibility index (Phi) is 4.82. The van der Waals surface area contributed by atoms with Crippen LogP contribution in [0.1, 0.15) is 36.7 Å². The monoisotopic (exact) mass is 386 g/mol. The van der Waals surface area contributed by atoms with Crippen LogP contribution >= 0.6 is 11.3 Å². The molecule has 2 fully saturated rings. The second kappa shape index (κ2) is 7.26. The van der Waals surface area contributed by atoms with Gasteiger partial charge in [0.1, 0.15) is 11.6 Å². The van der Waals surface area contributed by atoms with E-state index >= 15 is 0 Å². The Morgan fingerprint density at radius 3 is 2.85 bits per heavy atom. The molecule has 8 heteroatoms. The summed E-state index contributed by atoms with van der Waals surface area (Å²) in [6.45, 7) is 1.16. The van der Waals surface area contributed by atoms with Crippen LogP contribution < -0.4 is 0 Å². The summed E-state index contributed by atoms with van der Waals surface area (Å²) >= 11 is 1.65. The predicted molar refractivity (Wildman–Crippen MR) is 102 cm³/mol. The van der Waals surface area contributed by atoms with E-state index < -0.39 is 0 Å². The van der Waals surface area contributed by atoms with Crippen LogP contribution in [0.2, 0.25) is 0 Å². The van der Waals surface area contributed by atoms with Crippen LogP contribution in [0.5, 0.6) is 0 Å². The van der Waals surface area contributed by atoms with Crippen molar-refractivity contribution < 1.29 is 14.4 Å². The fourth-order valence-corrected chi connectivity index (χ4v) is 4.89. The van der Waals surface area contributed by atoms with Crippen LogP contribution in [0, 0.1) is 0 Å². The van der Waals surface area contributed by atoms with E-state index in [2.05, 4.69) is 6.07 Å². The highest BCUT2D eigenvalue weighted by molar-refractivity contribution is 7.18. The zero-order valence-corrected chi connectivity index (χ0v) is 16.1. The molecular formula is C19H22N4O3S. The summed E-state index contributed by atoms with van der Waals surface area (Å²) in [4.78, 5) is 45.7. The molecule has 4 amide bonds. The van der Waals surface area contributed by atoms with E-state index in [-0.39, 0.29) is 30.4 Å². The van der Waals surface area contributed by atoms with Crippen LogP contribution in [-0.2, 0) is 9.59 Å². The molecule has 1 atom stereocenters. The van der Waals surface area contributed by atoms with Crippen molar-refractivity contribution in [2.24, 2.45) is 0 Å². The zero-order chi connectivity index (χ0) is 19.0. The Balaban J connectivity index is 1.38. The molecule has 0 aliphatic carbocycles. The summed E-state index contributed by atoms with van der Waals surface area (Å²) in [6, 6.07) is 7.79. The summed E-state index contributed by atoms with van der Waals surface area (Å²) in [6.07, 6.45) is 2.73. The van der Waals surface area contributed by atoms with Crippen molar-refractivity contribution in [3.8, 4) is 0 Å². The highest BCUT2D eigenvalue weighted by Gasteiger charge is 2.34. The maximum Gasteiger partial charge on any atom is 0.326 e.